The van der Waals surface area contributed by atoms with Crippen molar-refractivity contribution >= 4 is 32.7 Å². The summed E-state index contributed by atoms with van der Waals surface area (Å²) in [6.45, 7) is 1.26. The first-order chi connectivity index (χ1) is 18.9. The molecule has 0 aliphatic heterocycles. The van der Waals surface area contributed by atoms with E-state index in [1.165, 1.54) is 23.5 Å². The first kappa shape index (κ1) is 26.2. The Morgan fingerprint density at radius 1 is 0.949 bits per heavy atom. The van der Waals surface area contributed by atoms with Crippen LogP contribution >= 0.6 is 11.3 Å². The van der Waals surface area contributed by atoms with Gasteiger partial charge in [-0.3, -0.25) is 0 Å². The highest BCUT2D eigenvalue weighted by Gasteiger charge is 2.16. The first-order valence-electron chi connectivity index (χ1n) is 12.4. The van der Waals surface area contributed by atoms with E-state index in [0.29, 0.717) is 34.6 Å². The smallest absolute Gasteiger partial charge is 0.335 e. The third-order valence-corrected chi connectivity index (χ3v) is 7.68. The molecule has 0 fully saturated rings. The average molecular weight is 543 g/mol. The molecule has 4 aromatic carbocycles. The van der Waals surface area contributed by atoms with Gasteiger partial charge in [-0.1, -0.05) is 53.8 Å². The van der Waals surface area contributed by atoms with Crippen LogP contribution in [0, 0.1) is 5.82 Å². The maximum Gasteiger partial charge on any atom is 0.335 e. The summed E-state index contributed by atoms with van der Waals surface area (Å²) in [6, 6.07) is 25.7. The number of aromatic carboxylic acids is 1. The van der Waals surface area contributed by atoms with Crippen LogP contribution in [0.5, 0.6) is 11.5 Å². The van der Waals surface area contributed by atoms with Gasteiger partial charge in [0, 0.05) is 18.7 Å². The van der Waals surface area contributed by atoms with E-state index >= 15 is 0 Å². The van der Waals surface area contributed by atoms with Crippen LogP contribution in [-0.4, -0.2) is 36.8 Å². The molecule has 8 heteroatoms. The number of carboxylic acid groups (broad SMARTS) is 1. The van der Waals surface area contributed by atoms with Gasteiger partial charge in [0.25, 0.3) is 0 Å². The monoisotopic (exact) mass is 542 g/mol. The molecule has 0 radical (unpaired) electrons. The lowest BCUT2D eigenvalue weighted by Crippen LogP contribution is -2.25. The van der Waals surface area contributed by atoms with Gasteiger partial charge in [-0.25, -0.2) is 14.2 Å². The number of hydrogen-bond acceptors (Lipinski definition) is 6. The number of anilines is 1. The fourth-order valence-corrected chi connectivity index (χ4v) is 5.41. The standard InChI is InChI=1S/C31H27FN2O4S/c1-37-24-13-8-20(9-14-24)16-17-34(31-33-27-5-3-4-26(32)29(27)39-31)19-21-6-10-22(11-7-21)25-18-23(30(35)36)12-15-28(25)38-2/h3-15,18H,16-17,19H2,1-2H3,(H,35,36). The predicted octanol–water partition coefficient (Wildman–Crippen LogP) is 7.07. The van der Waals surface area contributed by atoms with Crippen LogP contribution in [0.4, 0.5) is 9.52 Å². The Hall–Kier alpha value is -4.43. The molecule has 0 bridgehead atoms. The second-order valence-corrected chi connectivity index (χ2v) is 10.00. The molecule has 198 valence electrons. The molecular weight excluding hydrogens is 515 g/mol. The third-order valence-electron chi connectivity index (χ3n) is 6.54. The number of aromatic nitrogens is 1. The quantitative estimate of drug-likeness (QED) is 0.204. The van der Waals surface area contributed by atoms with Crippen molar-refractivity contribution in [2.24, 2.45) is 0 Å². The van der Waals surface area contributed by atoms with E-state index in [1.807, 2.05) is 54.6 Å². The van der Waals surface area contributed by atoms with Gasteiger partial charge < -0.3 is 19.5 Å². The molecule has 0 atom stereocenters. The number of methoxy groups -OCH3 is 2. The lowest BCUT2D eigenvalue weighted by molar-refractivity contribution is 0.0697. The van der Waals surface area contributed by atoms with Crippen LogP contribution in [0.25, 0.3) is 21.3 Å². The minimum absolute atomic E-state index is 0.197. The van der Waals surface area contributed by atoms with Crippen molar-refractivity contribution in [2.75, 3.05) is 25.7 Å². The molecule has 1 aromatic heterocycles. The molecule has 0 saturated heterocycles. The number of ether oxygens (including phenoxy) is 2. The van der Waals surface area contributed by atoms with Gasteiger partial charge in [0.1, 0.15) is 17.3 Å². The minimum Gasteiger partial charge on any atom is -0.497 e. The molecule has 0 saturated carbocycles. The normalized spacial score (nSPS) is 10.9. The van der Waals surface area contributed by atoms with Crippen molar-refractivity contribution in [3.05, 3.63) is 107 Å². The number of nitrogens with zero attached hydrogens (tertiary/aromatic N) is 2. The van der Waals surface area contributed by atoms with Crippen LogP contribution in [0.2, 0.25) is 0 Å². The van der Waals surface area contributed by atoms with E-state index in [-0.39, 0.29) is 11.4 Å². The lowest BCUT2D eigenvalue weighted by atomic mass is 10.0. The molecule has 0 unspecified atom stereocenters. The van der Waals surface area contributed by atoms with Gasteiger partial charge in [-0.05, 0) is 65.6 Å². The lowest BCUT2D eigenvalue weighted by Gasteiger charge is -2.22. The van der Waals surface area contributed by atoms with E-state index in [1.54, 1.807) is 32.4 Å². The summed E-state index contributed by atoms with van der Waals surface area (Å²) in [5.41, 5.74) is 4.61. The molecule has 5 rings (SSSR count). The second kappa shape index (κ2) is 11.5. The number of halogens is 1. The summed E-state index contributed by atoms with van der Waals surface area (Å²) >= 11 is 1.35. The van der Waals surface area contributed by atoms with E-state index in [0.717, 1.165) is 34.0 Å². The van der Waals surface area contributed by atoms with E-state index < -0.39 is 5.97 Å². The van der Waals surface area contributed by atoms with Crippen molar-refractivity contribution in [3.63, 3.8) is 0 Å². The van der Waals surface area contributed by atoms with Gasteiger partial charge in [0.05, 0.1) is 30.0 Å². The number of carboxylic acids is 1. The topological polar surface area (TPSA) is 71.9 Å². The highest BCUT2D eigenvalue weighted by Crippen LogP contribution is 2.34. The number of benzene rings is 4. The second-order valence-electron chi connectivity index (χ2n) is 9.02. The van der Waals surface area contributed by atoms with Gasteiger partial charge in [0.15, 0.2) is 5.13 Å². The van der Waals surface area contributed by atoms with Gasteiger partial charge >= 0.3 is 5.97 Å². The van der Waals surface area contributed by atoms with Crippen LogP contribution < -0.4 is 14.4 Å². The number of fused-ring (bicyclic) bond motifs is 1. The van der Waals surface area contributed by atoms with Crippen LogP contribution in [-0.2, 0) is 13.0 Å². The number of rotatable bonds is 10. The highest BCUT2D eigenvalue weighted by molar-refractivity contribution is 7.22. The van der Waals surface area contributed by atoms with Gasteiger partial charge in [-0.2, -0.15) is 0 Å². The summed E-state index contributed by atoms with van der Waals surface area (Å²) in [6.07, 6.45) is 0.777. The molecule has 0 spiro atoms. The van der Waals surface area contributed by atoms with Crippen molar-refractivity contribution in [1.82, 2.24) is 4.98 Å². The Bertz CT molecular complexity index is 1600. The Kier molecular flexibility index (Phi) is 7.74. The molecule has 1 N–H and O–H groups in total. The number of carbonyl (C=O) groups is 1. The number of hydrogen-bond donors (Lipinski definition) is 1. The van der Waals surface area contributed by atoms with Crippen molar-refractivity contribution in [3.8, 4) is 22.6 Å². The van der Waals surface area contributed by atoms with E-state index in [4.69, 9.17) is 14.5 Å². The maximum absolute atomic E-state index is 14.5. The molecule has 5 aromatic rings. The summed E-state index contributed by atoms with van der Waals surface area (Å²) in [5.74, 6) is 0.150. The molecule has 0 aliphatic carbocycles. The molecular formula is C31H27FN2O4S. The maximum atomic E-state index is 14.5. The third kappa shape index (κ3) is 5.86. The van der Waals surface area contributed by atoms with Crippen molar-refractivity contribution in [1.29, 1.82) is 0 Å². The highest BCUT2D eigenvalue weighted by atomic mass is 32.1. The Morgan fingerprint density at radius 2 is 1.69 bits per heavy atom. The molecule has 6 nitrogen and oxygen atoms in total. The van der Waals surface area contributed by atoms with Crippen LogP contribution in [0.3, 0.4) is 0 Å². The Balaban J connectivity index is 1.42. The summed E-state index contributed by atoms with van der Waals surface area (Å²) in [4.78, 5) is 18.4. The molecule has 39 heavy (non-hydrogen) atoms. The first-order valence-corrected chi connectivity index (χ1v) is 13.2. The fourth-order valence-electron chi connectivity index (χ4n) is 4.41. The van der Waals surface area contributed by atoms with Crippen molar-refractivity contribution < 1.29 is 23.8 Å². The zero-order valence-electron chi connectivity index (χ0n) is 21.6. The summed E-state index contributed by atoms with van der Waals surface area (Å²) in [5, 5.41) is 10.2. The number of thiazole rings is 1. The van der Waals surface area contributed by atoms with E-state index in [2.05, 4.69) is 4.90 Å². The predicted molar refractivity (Wildman–Crippen MR) is 153 cm³/mol. The van der Waals surface area contributed by atoms with Crippen LogP contribution in [0.1, 0.15) is 21.5 Å². The fraction of sp³-hybridized carbons (Fsp3) is 0.161. The zero-order valence-corrected chi connectivity index (χ0v) is 22.4. The SMILES string of the molecule is COc1ccc(CCN(Cc2ccc(-c3cc(C(=O)O)ccc3OC)cc2)c2nc3cccc(F)c3s2)cc1. The molecule has 1 heterocycles. The van der Waals surface area contributed by atoms with E-state index in [9.17, 15) is 14.3 Å². The summed E-state index contributed by atoms with van der Waals surface area (Å²) < 4.78 is 25.7. The summed E-state index contributed by atoms with van der Waals surface area (Å²) in [7, 11) is 3.21. The average Bonchev–Trinajstić information content (AvgIpc) is 3.41. The Morgan fingerprint density at radius 3 is 2.36 bits per heavy atom. The van der Waals surface area contributed by atoms with Gasteiger partial charge in [-0.15, -0.1) is 0 Å². The largest absolute Gasteiger partial charge is 0.497 e. The van der Waals surface area contributed by atoms with Gasteiger partial charge in [0.2, 0.25) is 0 Å². The minimum atomic E-state index is -0.990. The van der Waals surface area contributed by atoms with Crippen LogP contribution in [0.15, 0.2) is 84.9 Å². The van der Waals surface area contributed by atoms with Crippen molar-refractivity contribution in [2.45, 2.75) is 13.0 Å². The molecule has 0 amide bonds. The Labute approximate surface area is 229 Å². The zero-order chi connectivity index (χ0) is 27.4. The molecule has 0 aliphatic rings.